The molecule has 0 spiro atoms. The maximum atomic E-state index is 12.5. The average molecular weight is 221 g/mol. The maximum absolute atomic E-state index is 12.5. The van der Waals surface area contributed by atoms with Crippen LogP contribution in [0.4, 0.5) is 14.5 Å². The summed E-state index contributed by atoms with van der Waals surface area (Å²) < 4.78 is 25.1. The second-order valence-corrected chi connectivity index (χ2v) is 2.81. The molecule has 0 aliphatic rings. The Balaban J connectivity index is 3.43. The number of rotatable bonds is 3. The Morgan fingerprint density at radius 3 is 2.71 bits per heavy atom. The first kappa shape index (κ1) is 10.8. The molecule has 0 amide bonds. The summed E-state index contributed by atoms with van der Waals surface area (Å²) in [7, 11) is 0. The Labute approximate surface area is 83.9 Å². The highest BCUT2D eigenvalue weighted by Gasteiger charge is 2.20. The maximum Gasteiger partial charge on any atom is 0.266 e. The number of hydrogen-bond acceptors (Lipinski definition) is 3. The van der Waals surface area contributed by atoms with Crippen LogP contribution in [0.2, 0.25) is 0 Å². The molecule has 3 nitrogen and oxygen atoms in total. The molecule has 0 atom stereocenters. The van der Waals surface area contributed by atoms with Crippen LogP contribution in [-0.4, -0.2) is 11.3 Å². The van der Waals surface area contributed by atoms with Gasteiger partial charge in [0.25, 0.3) is 6.43 Å². The van der Waals surface area contributed by atoms with Gasteiger partial charge in [0.1, 0.15) is 0 Å². The van der Waals surface area contributed by atoms with Gasteiger partial charge in [-0.1, -0.05) is 0 Å². The lowest BCUT2D eigenvalue weighted by molar-refractivity contribution is 0.110. The van der Waals surface area contributed by atoms with Gasteiger partial charge in [-0.15, -0.1) is 11.6 Å². The summed E-state index contributed by atoms with van der Waals surface area (Å²) in [5.74, 6) is -0.180. The Hall–Kier alpha value is -1.23. The lowest BCUT2D eigenvalue weighted by atomic mass is 10.1. The van der Waals surface area contributed by atoms with E-state index in [2.05, 4.69) is 4.98 Å². The lowest BCUT2D eigenvalue weighted by Gasteiger charge is -2.09. The lowest BCUT2D eigenvalue weighted by Crippen LogP contribution is -2.05. The summed E-state index contributed by atoms with van der Waals surface area (Å²) in [4.78, 5) is 14.2. The molecule has 0 aromatic carbocycles. The van der Waals surface area contributed by atoms with E-state index in [1.165, 1.54) is 0 Å². The first-order valence-electron chi connectivity index (χ1n) is 3.68. The zero-order valence-electron chi connectivity index (χ0n) is 7.01. The zero-order chi connectivity index (χ0) is 10.7. The summed E-state index contributed by atoms with van der Waals surface area (Å²) in [5.41, 5.74) is 4.53. The number of carbonyl (C=O) groups is 1. The van der Waals surface area contributed by atoms with Gasteiger partial charge in [0.2, 0.25) is 0 Å². The number of carbonyl (C=O) groups excluding carboxylic acids is 1. The van der Waals surface area contributed by atoms with Crippen LogP contribution in [0.25, 0.3) is 0 Å². The van der Waals surface area contributed by atoms with Crippen molar-refractivity contribution in [1.29, 1.82) is 0 Å². The monoisotopic (exact) mass is 220 g/mol. The molecule has 0 fully saturated rings. The van der Waals surface area contributed by atoms with Gasteiger partial charge in [-0.2, -0.15) is 0 Å². The zero-order valence-corrected chi connectivity index (χ0v) is 7.76. The Morgan fingerprint density at radius 1 is 1.64 bits per heavy atom. The van der Waals surface area contributed by atoms with Crippen molar-refractivity contribution in [3.63, 3.8) is 0 Å². The molecule has 0 radical (unpaired) electrons. The van der Waals surface area contributed by atoms with E-state index in [9.17, 15) is 13.6 Å². The summed E-state index contributed by atoms with van der Waals surface area (Å²) >= 11 is 5.40. The number of anilines is 1. The van der Waals surface area contributed by atoms with Gasteiger partial charge in [0, 0.05) is 5.56 Å². The number of alkyl halides is 3. The number of aldehydes is 1. The molecule has 0 saturated heterocycles. The third-order valence-corrected chi connectivity index (χ3v) is 1.99. The van der Waals surface area contributed by atoms with Gasteiger partial charge in [0.15, 0.2) is 6.29 Å². The number of hydrogen-bond donors (Lipinski definition) is 1. The molecular weight excluding hydrogens is 214 g/mol. The summed E-state index contributed by atoms with van der Waals surface area (Å²) in [6.07, 6.45) is -1.37. The van der Waals surface area contributed by atoms with E-state index < -0.39 is 12.0 Å². The fourth-order valence-electron chi connectivity index (χ4n) is 1.08. The van der Waals surface area contributed by atoms with Gasteiger partial charge < -0.3 is 5.73 Å². The van der Waals surface area contributed by atoms with Gasteiger partial charge in [-0.25, -0.2) is 8.78 Å². The van der Waals surface area contributed by atoms with Gasteiger partial charge in [-0.3, -0.25) is 9.78 Å². The van der Waals surface area contributed by atoms with Gasteiger partial charge >= 0.3 is 0 Å². The highest BCUT2D eigenvalue weighted by Crippen LogP contribution is 2.28. The van der Waals surface area contributed by atoms with Crippen LogP contribution in [0.3, 0.4) is 0 Å². The first-order valence-corrected chi connectivity index (χ1v) is 4.21. The second kappa shape index (κ2) is 4.32. The van der Waals surface area contributed by atoms with Gasteiger partial charge in [-0.05, 0) is 0 Å². The fraction of sp³-hybridized carbons (Fsp3) is 0.250. The molecule has 14 heavy (non-hydrogen) atoms. The smallest absolute Gasteiger partial charge is 0.266 e. The Morgan fingerprint density at radius 2 is 2.29 bits per heavy atom. The molecule has 0 aliphatic carbocycles. The molecule has 1 aromatic rings. The molecule has 1 aromatic heterocycles. The SMILES string of the molecule is Nc1cnc(CCl)c(C(F)F)c1C=O. The fourth-order valence-corrected chi connectivity index (χ4v) is 1.29. The topological polar surface area (TPSA) is 56.0 Å². The quantitative estimate of drug-likeness (QED) is 0.627. The highest BCUT2D eigenvalue weighted by atomic mass is 35.5. The number of aromatic nitrogens is 1. The molecule has 6 heteroatoms. The van der Waals surface area contributed by atoms with E-state index in [0.29, 0.717) is 0 Å². The third-order valence-electron chi connectivity index (χ3n) is 1.73. The van der Waals surface area contributed by atoms with Crippen molar-refractivity contribution in [2.75, 3.05) is 5.73 Å². The normalized spacial score (nSPS) is 10.6. The van der Waals surface area contributed by atoms with Crippen LogP contribution >= 0.6 is 11.6 Å². The van der Waals surface area contributed by atoms with Crippen LogP contribution < -0.4 is 5.73 Å². The minimum Gasteiger partial charge on any atom is -0.397 e. The van der Waals surface area contributed by atoms with Crippen LogP contribution in [0, 0.1) is 0 Å². The minimum atomic E-state index is -2.81. The van der Waals surface area contributed by atoms with E-state index >= 15 is 0 Å². The number of nitrogen functional groups attached to an aromatic ring is 1. The number of nitrogens with two attached hydrogens (primary N) is 1. The summed E-state index contributed by atoms with van der Waals surface area (Å²) in [6.45, 7) is 0. The molecule has 0 unspecified atom stereocenters. The van der Waals surface area contributed by atoms with E-state index in [-0.39, 0.29) is 29.1 Å². The van der Waals surface area contributed by atoms with Crippen LogP contribution in [0.5, 0.6) is 0 Å². The Bertz CT molecular complexity index is 357. The summed E-state index contributed by atoms with van der Waals surface area (Å²) in [6, 6.07) is 0. The second-order valence-electron chi connectivity index (χ2n) is 2.54. The molecule has 1 rings (SSSR count). The predicted octanol–water partition coefficient (Wildman–Crippen LogP) is 2.15. The van der Waals surface area contributed by atoms with Crippen LogP contribution in [0.1, 0.15) is 28.0 Å². The number of pyridine rings is 1. The van der Waals surface area contributed by atoms with E-state index in [0.717, 1.165) is 6.20 Å². The molecule has 0 bridgehead atoms. The molecule has 2 N–H and O–H groups in total. The largest absolute Gasteiger partial charge is 0.397 e. The average Bonchev–Trinajstić information content (AvgIpc) is 2.17. The van der Waals surface area contributed by atoms with Crippen molar-refractivity contribution in [2.24, 2.45) is 0 Å². The van der Waals surface area contributed by atoms with Crippen molar-refractivity contribution in [3.05, 3.63) is 23.0 Å². The minimum absolute atomic E-state index is 0.0158. The highest BCUT2D eigenvalue weighted by molar-refractivity contribution is 6.17. The first-order chi connectivity index (χ1) is 6.61. The standard InChI is InChI=1S/C8H7ClF2N2O/c9-1-6-7(8(10)11)4(3-14)5(12)2-13-6/h2-3,8H,1,12H2. The van der Waals surface area contributed by atoms with Crippen molar-refractivity contribution in [3.8, 4) is 0 Å². The molecule has 0 aliphatic heterocycles. The van der Waals surface area contributed by atoms with Crippen molar-refractivity contribution in [2.45, 2.75) is 12.3 Å². The summed E-state index contributed by atoms with van der Waals surface area (Å²) in [5, 5.41) is 0. The van der Waals surface area contributed by atoms with Crippen molar-refractivity contribution in [1.82, 2.24) is 4.98 Å². The number of halogens is 3. The Kier molecular flexibility index (Phi) is 3.35. The number of nitrogens with zero attached hydrogens (tertiary/aromatic N) is 1. The van der Waals surface area contributed by atoms with Crippen LogP contribution in [0.15, 0.2) is 6.20 Å². The van der Waals surface area contributed by atoms with Gasteiger partial charge in [0.05, 0.1) is 29.0 Å². The van der Waals surface area contributed by atoms with E-state index in [4.69, 9.17) is 17.3 Å². The molecular formula is C8H7ClF2N2O. The molecule has 1 heterocycles. The van der Waals surface area contributed by atoms with E-state index in [1.807, 2.05) is 0 Å². The van der Waals surface area contributed by atoms with E-state index in [1.54, 1.807) is 0 Å². The predicted molar refractivity (Wildman–Crippen MR) is 48.6 cm³/mol. The van der Waals surface area contributed by atoms with Crippen LogP contribution in [-0.2, 0) is 5.88 Å². The molecule has 0 saturated carbocycles. The molecule has 76 valence electrons. The van der Waals surface area contributed by atoms with Crippen molar-refractivity contribution >= 4 is 23.6 Å². The third kappa shape index (κ3) is 1.82. The van der Waals surface area contributed by atoms with Crippen molar-refractivity contribution < 1.29 is 13.6 Å².